The summed E-state index contributed by atoms with van der Waals surface area (Å²) in [6.07, 6.45) is 5.01. The molecule has 0 radical (unpaired) electrons. The molecule has 1 N–H and O–H groups in total. The molecule has 1 saturated heterocycles. The van der Waals surface area contributed by atoms with Gasteiger partial charge in [-0.25, -0.2) is 8.42 Å². The fourth-order valence-electron chi connectivity index (χ4n) is 3.03. The van der Waals surface area contributed by atoms with Gasteiger partial charge >= 0.3 is 0 Å². The number of hydrogen-bond acceptors (Lipinski definition) is 4. The van der Waals surface area contributed by atoms with Gasteiger partial charge in [-0.1, -0.05) is 18.9 Å². The minimum atomic E-state index is -3.59. The van der Waals surface area contributed by atoms with E-state index in [-0.39, 0.29) is 16.8 Å². The van der Waals surface area contributed by atoms with Gasteiger partial charge in [0.1, 0.15) is 0 Å². The molecule has 0 spiro atoms. The highest BCUT2D eigenvalue weighted by molar-refractivity contribution is 7.89. The van der Waals surface area contributed by atoms with Crippen LogP contribution in [0, 0.1) is 0 Å². The van der Waals surface area contributed by atoms with Crippen LogP contribution in [-0.4, -0.2) is 62.8 Å². The van der Waals surface area contributed by atoms with Crippen molar-refractivity contribution in [3.63, 3.8) is 0 Å². The summed E-state index contributed by atoms with van der Waals surface area (Å²) < 4.78 is 26.5. The van der Waals surface area contributed by atoms with Crippen molar-refractivity contribution in [2.24, 2.45) is 0 Å². The molecular formula is C19H31N3O3S. The lowest BCUT2D eigenvalue weighted by Crippen LogP contribution is -2.35. The van der Waals surface area contributed by atoms with E-state index in [2.05, 4.69) is 10.2 Å². The van der Waals surface area contributed by atoms with Gasteiger partial charge < -0.3 is 10.2 Å². The molecule has 0 aromatic heterocycles. The third-order valence-corrected chi connectivity index (χ3v) is 6.94. The van der Waals surface area contributed by atoms with Crippen molar-refractivity contribution in [3.05, 3.63) is 29.8 Å². The average Bonchev–Trinajstić information content (AvgIpc) is 2.89. The van der Waals surface area contributed by atoms with Crippen LogP contribution in [0.1, 0.15) is 49.9 Å². The molecular weight excluding hydrogens is 350 g/mol. The van der Waals surface area contributed by atoms with E-state index < -0.39 is 10.0 Å². The molecule has 6 nitrogen and oxygen atoms in total. The zero-order valence-corrected chi connectivity index (χ0v) is 16.9. The van der Waals surface area contributed by atoms with E-state index in [0.29, 0.717) is 12.1 Å². The molecule has 1 heterocycles. The fourth-order valence-corrected chi connectivity index (χ4v) is 4.45. The molecule has 1 aromatic rings. The average molecular weight is 382 g/mol. The van der Waals surface area contributed by atoms with Gasteiger partial charge in [-0.3, -0.25) is 4.79 Å². The highest BCUT2D eigenvalue weighted by Crippen LogP contribution is 2.18. The zero-order valence-electron chi connectivity index (χ0n) is 16.1. The number of benzene rings is 1. The smallest absolute Gasteiger partial charge is 0.251 e. The summed E-state index contributed by atoms with van der Waals surface area (Å²) in [4.78, 5) is 14.9. The Kier molecular flexibility index (Phi) is 7.61. The van der Waals surface area contributed by atoms with Crippen molar-refractivity contribution in [2.75, 3.05) is 33.2 Å². The lowest BCUT2D eigenvalue weighted by atomic mass is 10.2. The lowest BCUT2D eigenvalue weighted by Gasteiger charge is -2.21. The molecule has 1 aromatic carbocycles. The molecule has 146 valence electrons. The maximum atomic E-state index is 12.6. The van der Waals surface area contributed by atoms with E-state index >= 15 is 0 Å². The number of likely N-dealkylation sites (tertiary alicyclic amines) is 1. The largest absolute Gasteiger partial charge is 0.351 e. The number of carbonyl (C=O) groups excluding carboxylic acids is 1. The van der Waals surface area contributed by atoms with Crippen LogP contribution in [0.5, 0.6) is 0 Å². The number of sulfonamides is 1. The van der Waals surface area contributed by atoms with Gasteiger partial charge in [0.2, 0.25) is 10.0 Å². The molecule has 0 atom stereocenters. The predicted molar refractivity (Wildman–Crippen MR) is 104 cm³/mol. The summed E-state index contributed by atoms with van der Waals surface area (Å²) in [5.74, 6) is -0.232. The number of carbonyl (C=O) groups is 1. The first kappa shape index (κ1) is 20.9. The minimum Gasteiger partial charge on any atom is -0.351 e. The molecule has 0 aliphatic carbocycles. The van der Waals surface area contributed by atoms with Crippen LogP contribution in [0.15, 0.2) is 29.2 Å². The van der Waals surface area contributed by atoms with Gasteiger partial charge in [0.15, 0.2) is 0 Å². The molecule has 1 amide bonds. The Morgan fingerprint density at radius 1 is 1.19 bits per heavy atom. The van der Waals surface area contributed by atoms with Crippen molar-refractivity contribution < 1.29 is 13.2 Å². The van der Waals surface area contributed by atoms with Crippen molar-refractivity contribution in [1.82, 2.24) is 14.5 Å². The second kappa shape index (κ2) is 9.48. The SMILES string of the molecule is CC(C)N(C)S(=O)(=O)c1cccc(C(=O)NCCN2CCCCCC2)c1. The van der Waals surface area contributed by atoms with Gasteiger partial charge in [-0.15, -0.1) is 0 Å². The third kappa shape index (κ3) is 5.53. The topological polar surface area (TPSA) is 69.7 Å². The predicted octanol–water partition coefficient (Wildman–Crippen LogP) is 2.32. The maximum absolute atomic E-state index is 12.6. The minimum absolute atomic E-state index is 0.147. The molecule has 0 unspecified atom stereocenters. The molecule has 2 rings (SSSR count). The van der Waals surface area contributed by atoms with Crippen LogP contribution in [0.4, 0.5) is 0 Å². The first-order valence-corrected chi connectivity index (χ1v) is 10.8. The van der Waals surface area contributed by atoms with E-state index in [0.717, 1.165) is 19.6 Å². The second-order valence-electron chi connectivity index (χ2n) is 7.15. The number of nitrogens with one attached hydrogen (secondary N) is 1. The van der Waals surface area contributed by atoms with E-state index in [1.165, 1.54) is 42.1 Å². The standard InChI is InChI=1S/C19H31N3O3S/c1-16(2)21(3)26(24,25)18-10-8-9-17(15-18)19(23)20-11-14-22-12-6-4-5-7-13-22/h8-10,15-16H,4-7,11-14H2,1-3H3,(H,20,23). The summed E-state index contributed by atoms with van der Waals surface area (Å²) in [7, 11) is -2.04. The van der Waals surface area contributed by atoms with Gasteiger partial charge in [0.25, 0.3) is 5.91 Å². The number of nitrogens with zero attached hydrogens (tertiary/aromatic N) is 2. The Bertz CT molecular complexity index is 696. The van der Waals surface area contributed by atoms with Crippen molar-refractivity contribution in [1.29, 1.82) is 0 Å². The van der Waals surface area contributed by atoms with Crippen LogP contribution in [0.3, 0.4) is 0 Å². The van der Waals surface area contributed by atoms with E-state index in [4.69, 9.17) is 0 Å². The Labute approximate surface area is 157 Å². The summed E-state index contributed by atoms with van der Waals surface area (Å²) >= 11 is 0. The van der Waals surface area contributed by atoms with Crippen molar-refractivity contribution in [2.45, 2.75) is 50.5 Å². The van der Waals surface area contributed by atoms with Gasteiger partial charge in [-0.2, -0.15) is 4.31 Å². The monoisotopic (exact) mass is 381 g/mol. The Morgan fingerprint density at radius 3 is 2.46 bits per heavy atom. The molecule has 1 aliphatic heterocycles. The summed E-state index contributed by atoms with van der Waals surface area (Å²) in [6.45, 7) is 7.21. The first-order valence-electron chi connectivity index (χ1n) is 9.41. The molecule has 0 saturated carbocycles. The first-order chi connectivity index (χ1) is 12.3. The summed E-state index contributed by atoms with van der Waals surface area (Å²) in [6, 6.07) is 6.10. The zero-order chi connectivity index (χ0) is 19.2. The quantitative estimate of drug-likeness (QED) is 0.787. The lowest BCUT2D eigenvalue weighted by molar-refractivity contribution is 0.0948. The summed E-state index contributed by atoms with van der Waals surface area (Å²) in [5, 5.41) is 2.91. The highest BCUT2D eigenvalue weighted by atomic mass is 32.2. The van der Waals surface area contributed by atoms with Crippen LogP contribution in [-0.2, 0) is 10.0 Å². The second-order valence-corrected chi connectivity index (χ2v) is 9.15. The Balaban J connectivity index is 1.97. The maximum Gasteiger partial charge on any atom is 0.251 e. The summed E-state index contributed by atoms with van der Waals surface area (Å²) in [5.41, 5.74) is 0.374. The van der Waals surface area contributed by atoms with E-state index in [9.17, 15) is 13.2 Å². The van der Waals surface area contributed by atoms with Crippen molar-refractivity contribution >= 4 is 15.9 Å². The Morgan fingerprint density at radius 2 is 1.85 bits per heavy atom. The van der Waals surface area contributed by atoms with E-state index in [1.807, 2.05) is 13.8 Å². The fraction of sp³-hybridized carbons (Fsp3) is 0.632. The van der Waals surface area contributed by atoms with Gasteiger partial charge in [0.05, 0.1) is 4.90 Å². The van der Waals surface area contributed by atoms with Crippen LogP contribution < -0.4 is 5.32 Å². The molecule has 26 heavy (non-hydrogen) atoms. The third-order valence-electron chi connectivity index (χ3n) is 4.91. The van der Waals surface area contributed by atoms with Gasteiger partial charge in [-0.05, 0) is 58.0 Å². The molecule has 0 bridgehead atoms. The molecule has 7 heteroatoms. The molecule has 1 fully saturated rings. The number of rotatable bonds is 7. The normalized spacial score (nSPS) is 16.7. The van der Waals surface area contributed by atoms with Crippen molar-refractivity contribution in [3.8, 4) is 0 Å². The van der Waals surface area contributed by atoms with Crippen LogP contribution in [0.2, 0.25) is 0 Å². The number of amides is 1. The Hall–Kier alpha value is -1.44. The van der Waals surface area contributed by atoms with Gasteiger partial charge in [0, 0.05) is 31.7 Å². The molecule has 1 aliphatic rings. The highest BCUT2D eigenvalue weighted by Gasteiger charge is 2.23. The number of hydrogen-bond donors (Lipinski definition) is 1. The van der Waals surface area contributed by atoms with Crippen LogP contribution in [0.25, 0.3) is 0 Å². The van der Waals surface area contributed by atoms with E-state index in [1.54, 1.807) is 19.2 Å². The van der Waals surface area contributed by atoms with Crippen LogP contribution >= 0.6 is 0 Å².